The molecule has 7 heteroatoms. The van der Waals surface area contributed by atoms with Crippen molar-refractivity contribution in [3.63, 3.8) is 0 Å². The van der Waals surface area contributed by atoms with Gasteiger partial charge in [0.05, 0.1) is 5.69 Å². The van der Waals surface area contributed by atoms with Crippen LogP contribution in [0.3, 0.4) is 0 Å². The Labute approximate surface area is 161 Å². The minimum absolute atomic E-state index is 0.263. The minimum Gasteiger partial charge on any atom is -0.406 e. The quantitative estimate of drug-likeness (QED) is 0.669. The summed E-state index contributed by atoms with van der Waals surface area (Å²) >= 11 is 0. The van der Waals surface area contributed by atoms with E-state index in [2.05, 4.69) is 33.0 Å². The Balaban J connectivity index is 1.48. The molecule has 2 aliphatic carbocycles. The van der Waals surface area contributed by atoms with Gasteiger partial charge in [-0.05, 0) is 79.5 Å². The summed E-state index contributed by atoms with van der Waals surface area (Å²) in [5.41, 5.74) is 4.56. The molecule has 0 spiro atoms. The van der Waals surface area contributed by atoms with E-state index in [-0.39, 0.29) is 5.75 Å². The second-order valence-corrected chi connectivity index (χ2v) is 6.91. The number of ether oxygens (including phenoxy) is 1. The summed E-state index contributed by atoms with van der Waals surface area (Å²) in [7, 11) is 0. The number of alkyl halides is 3. The van der Waals surface area contributed by atoms with E-state index in [4.69, 9.17) is 0 Å². The van der Waals surface area contributed by atoms with Crippen molar-refractivity contribution in [2.75, 3.05) is 0 Å². The smallest absolute Gasteiger partial charge is 0.406 e. The molecule has 0 amide bonds. The van der Waals surface area contributed by atoms with Gasteiger partial charge in [0, 0.05) is 0 Å². The van der Waals surface area contributed by atoms with Gasteiger partial charge in [-0.1, -0.05) is 18.2 Å². The normalized spacial score (nSPS) is 17.6. The van der Waals surface area contributed by atoms with E-state index in [0.29, 0.717) is 11.5 Å². The molecule has 2 aromatic rings. The highest BCUT2D eigenvalue weighted by Gasteiger charge is 2.31. The summed E-state index contributed by atoms with van der Waals surface area (Å²) in [6.07, 6.45) is 10.2. The zero-order valence-electron chi connectivity index (χ0n) is 15.2. The van der Waals surface area contributed by atoms with Gasteiger partial charge in [-0.2, -0.15) is 0 Å². The van der Waals surface area contributed by atoms with Crippen LogP contribution in [-0.2, 0) is 0 Å². The molecule has 0 radical (unpaired) electrons. The zero-order chi connectivity index (χ0) is 19.6. The molecule has 0 aliphatic heterocycles. The monoisotopic (exact) mass is 387 g/mol. The summed E-state index contributed by atoms with van der Waals surface area (Å²) in [5, 5.41) is 4.48. The van der Waals surface area contributed by atoms with Crippen molar-refractivity contribution >= 4 is 5.57 Å². The predicted octanol–water partition coefficient (Wildman–Crippen LogP) is 5.77. The van der Waals surface area contributed by atoms with Crippen LogP contribution in [0.4, 0.5) is 13.2 Å². The lowest BCUT2D eigenvalue weighted by molar-refractivity contribution is -0.274. The van der Waals surface area contributed by atoms with Crippen molar-refractivity contribution in [3.05, 3.63) is 65.8 Å². The lowest BCUT2D eigenvalue weighted by Crippen LogP contribution is -2.17. The van der Waals surface area contributed by atoms with Crippen molar-refractivity contribution in [1.82, 2.24) is 14.8 Å². The van der Waals surface area contributed by atoms with Crippen molar-refractivity contribution in [2.24, 2.45) is 0 Å². The molecule has 0 saturated heterocycles. The molecule has 1 aromatic carbocycles. The average Bonchev–Trinajstić information content (AvgIpc) is 3.18. The van der Waals surface area contributed by atoms with Gasteiger partial charge in [0.15, 0.2) is 5.82 Å². The van der Waals surface area contributed by atoms with Gasteiger partial charge in [0.25, 0.3) is 0 Å². The van der Waals surface area contributed by atoms with E-state index >= 15 is 0 Å². The molecule has 1 heterocycles. The topological polar surface area (TPSA) is 39.9 Å². The van der Waals surface area contributed by atoms with Crippen molar-refractivity contribution < 1.29 is 17.9 Å². The molecule has 1 aromatic heterocycles. The Morgan fingerprint density at radius 2 is 1.64 bits per heavy atom. The number of aromatic nitrogens is 3. The lowest BCUT2D eigenvalue weighted by Gasteiger charge is -2.19. The Kier molecular flexibility index (Phi) is 5.07. The first kappa shape index (κ1) is 18.5. The van der Waals surface area contributed by atoms with Crippen molar-refractivity contribution in [2.45, 2.75) is 44.9 Å². The van der Waals surface area contributed by atoms with Crippen LogP contribution in [0.1, 0.15) is 44.3 Å². The number of halogens is 3. The van der Waals surface area contributed by atoms with Gasteiger partial charge in [-0.3, -0.25) is 0 Å². The van der Waals surface area contributed by atoms with Crippen LogP contribution in [0.2, 0.25) is 0 Å². The predicted molar refractivity (Wildman–Crippen MR) is 99.9 cm³/mol. The third-order valence-electron chi connectivity index (χ3n) is 4.97. The third-order valence-corrected chi connectivity index (χ3v) is 4.97. The number of allylic oxidation sites excluding steroid dienone is 6. The Hall–Kier alpha value is -2.83. The standard InChI is InChI=1S/C21H20F3N3O/c22-21(23,24)28-19-12-10-18(11-13-19)27-14-25-20(26-27)17-8-6-16(7-9-17)15-4-2-1-3-5-15/h4,6,8,10-14H,1-3,5,7,9H2. The first-order valence-corrected chi connectivity index (χ1v) is 9.35. The van der Waals surface area contributed by atoms with Crippen molar-refractivity contribution in [1.29, 1.82) is 0 Å². The largest absolute Gasteiger partial charge is 0.573 e. The molecule has 4 rings (SSSR count). The van der Waals surface area contributed by atoms with E-state index in [1.54, 1.807) is 11.0 Å². The fourth-order valence-electron chi connectivity index (χ4n) is 3.56. The summed E-state index contributed by atoms with van der Waals surface area (Å²) in [6.45, 7) is 0. The van der Waals surface area contributed by atoms with Gasteiger partial charge in [-0.15, -0.1) is 18.3 Å². The summed E-state index contributed by atoms with van der Waals surface area (Å²) in [4.78, 5) is 4.36. The summed E-state index contributed by atoms with van der Waals surface area (Å²) in [5.74, 6) is 0.379. The van der Waals surface area contributed by atoms with Gasteiger partial charge < -0.3 is 4.74 Å². The van der Waals surface area contributed by atoms with E-state index in [1.807, 2.05) is 0 Å². The lowest BCUT2D eigenvalue weighted by atomic mass is 9.87. The fourth-order valence-corrected chi connectivity index (χ4v) is 3.56. The minimum atomic E-state index is -4.70. The van der Waals surface area contributed by atoms with Gasteiger partial charge in [-0.25, -0.2) is 9.67 Å². The first-order valence-electron chi connectivity index (χ1n) is 9.35. The molecular weight excluding hydrogens is 367 g/mol. The third kappa shape index (κ3) is 4.35. The molecule has 4 nitrogen and oxygen atoms in total. The van der Waals surface area contributed by atoms with Gasteiger partial charge in [0.1, 0.15) is 12.1 Å². The molecule has 0 unspecified atom stereocenters. The molecule has 0 bridgehead atoms. The molecule has 2 aliphatic rings. The number of hydrogen-bond acceptors (Lipinski definition) is 3. The molecule has 28 heavy (non-hydrogen) atoms. The van der Waals surface area contributed by atoms with Crippen LogP contribution in [0.25, 0.3) is 11.3 Å². The van der Waals surface area contributed by atoms with Crippen LogP contribution < -0.4 is 4.74 Å². The van der Waals surface area contributed by atoms with Crippen LogP contribution >= 0.6 is 0 Å². The number of hydrogen-bond donors (Lipinski definition) is 0. The maximum absolute atomic E-state index is 12.3. The van der Waals surface area contributed by atoms with Gasteiger partial charge >= 0.3 is 6.36 Å². The first-order chi connectivity index (χ1) is 13.5. The van der Waals surface area contributed by atoms with Crippen LogP contribution in [0.5, 0.6) is 5.75 Å². The summed E-state index contributed by atoms with van der Waals surface area (Å²) < 4.78 is 42.2. The molecule has 0 N–H and O–H groups in total. The van der Waals surface area contributed by atoms with E-state index in [9.17, 15) is 13.2 Å². The Bertz CT molecular complexity index is 937. The number of benzene rings is 1. The average molecular weight is 387 g/mol. The highest BCUT2D eigenvalue weighted by molar-refractivity contribution is 5.65. The molecule has 0 saturated carbocycles. The highest BCUT2D eigenvalue weighted by Crippen LogP contribution is 2.32. The van der Waals surface area contributed by atoms with Crippen molar-refractivity contribution in [3.8, 4) is 11.4 Å². The zero-order valence-corrected chi connectivity index (χ0v) is 15.2. The van der Waals surface area contributed by atoms with Crippen LogP contribution in [0, 0.1) is 0 Å². The van der Waals surface area contributed by atoms with Crippen LogP contribution in [0.15, 0.2) is 60.0 Å². The van der Waals surface area contributed by atoms with Crippen LogP contribution in [-0.4, -0.2) is 21.1 Å². The van der Waals surface area contributed by atoms with E-state index in [0.717, 1.165) is 24.8 Å². The van der Waals surface area contributed by atoms with E-state index < -0.39 is 6.36 Å². The Morgan fingerprint density at radius 1 is 0.893 bits per heavy atom. The SMILES string of the molecule is FC(F)(F)Oc1ccc(-n2cnc(C3=CC=C(C4=CCCCC4)CC3)n2)cc1. The second kappa shape index (κ2) is 7.66. The molecular formula is C21H20F3N3O. The number of rotatable bonds is 4. The molecule has 146 valence electrons. The van der Waals surface area contributed by atoms with E-state index in [1.165, 1.54) is 54.7 Å². The molecule has 0 fully saturated rings. The fraction of sp³-hybridized carbons (Fsp3) is 0.333. The molecule has 0 atom stereocenters. The summed E-state index contributed by atoms with van der Waals surface area (Å²) in [6, 6.07) is 5.55. The maximum Gasteiger partial charge on any atom is 0.573 e. The number of nitrogens with zero attached hydrogens (tertiary/aromatic N) is 3. The maximum atomic E-state index is 12.3. The second-order valence-electron chi connectivity index (χ2n) is 6.91. The Morgan fingerprint density at radius 3 is 2.29 bits per heavy atom. The van der Waals surface area contributed by atoms with Gasteiger partial charge in [0.2, 0.25) is 0 Å². The highest BCUT2D eigenvalue weighted by atomic mass is 19.4.